The van der Waals surface area contributed by atoms with Crippen LogP contribution in [0.1, 0.15) is 36.7 Å². The molecule has 21 heavy (non-hydrogen) atoms. The maximum absolute atomic E-state index is 12.2. The molecule has 0 bridgehead atoms. The Labute approximate surface area is 124 Å². The second kappa shape index (κ2) is 5.48. The first kappa shape index (κ1) is 14.9. The average molecular weight is 284 g/mol. The second-order valence-electron chi connectivity index (χ2n) is 6.06. The molecule has 1 amide bonds. The minimum atomic E-state index is -0.281. The number of hydrogen-bond donors (Lipinski definition) is 3. The Balaban J connectivity index is 2.26. The Morgan fingerprint density at radius 3 is 2.29 bits per heavy atom. The Morgan fingerprint density at radius 1 is 1.10 bits per heavy atom. The highest BCUT2D eigenvalue weighted by atomic mass is 16.3. The molecule has 0 saturated carbocycles. The van der Waals surface area contributed by atoms with Crippen molar-refractivity contribution in [3.8, 4) is 5.75 Å². The molecule has 0 aliphatic rings. The highest BCUT2D eigenvalue weighted by Gasteiger charge is 2.16. The van der Waals surface area contributed by atoms with Crippen LogP contribution in [0.25, 0.3) is 0 Å². The number of phenolic OH excluding ortho intramolecular Hbond substituents is 1. The summed E-state index contributed by atoms with van der Waals surface area (Å²) in [4.78, 5) is 12.2. The van der Waals surface area contributed by atoms with Crippen LogP contribution in [-0.2, 0) is 5.41 Å². The van der Waals surface area contributed by atoms with Gasteiger partial charge in [-0.3, -0.25) is 4.79 Å². The van der Waals surface area contributed by atoms with Crippen LogP contribution in [-0.4, -0.2) is 11.0 Å². The zero-order valence-corrected chi connectivity index (χ0v) is 12.5. The number of carbonyl (C=O) groups is 1. The molecule has 0 atom stereocenters. The van der Waals surface area contributed by atoms with Crippen molar-refractivity contribution in [3.05, 3.63) is 53.6 Å². The molecule has 0 aliphatic heterocycles. The number of hydrogen-bond acceptors (Lipinski definition) is 3. The van der Waals surface area contributed by atoms with Crippen molar-refractivity contribution < 1.29 is 9.90 Å². The smallest absolute Gasteiger partial charge is 0.255 e. The predicted octanol–water partition coefficient (Wildman–Crippen LogP) is 3.52. The summed E-state index contributed by atoms with van der Waals surface area (Å²) in [5, 5.41) is 12.6. The SMILES string of the molecule is CC(C)(C)c1ccc(O)c(NC(=O)c2ccc(N)cc2)c1. The van der Waals surface area contributed by atoms with Gasteiger partial charge in [0.2, 0.25) is 0 Å². The van der Waals surface area contributed by atoms with E-state index in [9.17, 15) is 9.90 Å². The monoisotopic (exact) mass is 284 g/mol. The standard InChI is InChI=1S/C17H20N2O2/c1-17(2,3)12-6-9-15(20)14(10-12)19-16(21)11-4-7-13(18)8-5-11/h4-10,20H,18H2,1-3H3,(H,19,21). The van der Waals surface area contributed by atoms with Gasteiger partial charge in [0.25, 0.3) is 5.91 Å². The number of nitrogen functional groups attached to an aromatic ring is 1. The highest BCUT2D eigenvalue weighted by Crippen LogP contribution is 2.31. The third kappa shape index (κ3) is 3.54. The zero-order valence-electron chi connectivity index (χ0n) is 12.5. The van der Waals surface area contributed by atoms with E-state index in [1.807, 2.05) is 6.07 Å². The van der Waals surface area contributed by atoms with Crippen LogP contribution in [0, 0.1) is 0 Å². The average Bonchev–Trinajstić information content (AvgIpc) is 2.40. The molecule has 4 nitrogen and oxygen atoms in total. The molecule has 2 rings (SSSR count). The largest absolute Gasteiger partial charge is 0.506 e. The summed E-state index contributed by atoms with van der Waals surface area (Å²) in [7, 11) is 0. The van der Waals surface area contributed by atoms with E-state index in [2.05, 4.69) is 26.1 Å². The summed E-state index contributed by atoms with van der Waals surface area (Å²) in [6.07, 6.45) is 0. The van der Waals surface area contributed by atoms with Gasteiger partial charge in [0.05, 0.1) is 5.69 Å². The lowest BCUT2D eigenvalue weighted by atomic mass is 9.87. The van der Waals surface area contributed by atoms with Gasteiger partial charge in [-0.15, -0.1) is 0 Å². The molecule has 0 aliphatic carbocycles. The third-order valence-corrected chi connectivity index (χ3v) is 3.28. The minimum Gasteiger partial charge on any atom is -0.506 e. The predicted molar refractivity (Wildman–Crippen MR) is 85.6 cm³/mol. The Bertz CT molecular complexity index is 655. The van der Waals surface area contributed by atoms with Gasteiger partial charge in [-0.05, 0) is 47.4 Å². The first-order chi connectivity index (χ1) is 9.77. The number of rotatable bonds is 2. The summed E-state index contributed by atoms with van der Waals surface area (Å²) in [5.41, 5.74) is 8.07. The molecule has 0 spiro atoms. The van der Waals surface area contributed by atoms with Crippen molar-refractivity contribution in [2.45, 2.75) is 26.2 Å². The minimum absolute atomic E-state index is 0.0480. The summed E-state index contributed by atoms with van der Waals surface area (Å²) in [6, 6.07) is 11.9. The van der Waals surface area contributed by atoms with Gasteiger partial charge in [0.1, 0.15) is 5.75 Å². The fourth-order valence-electron chi connectivity index (χ4n) is 1.93. The maximum atomic E-state index is 12.2. The van der Waals surface area contributed by atoms with E-state index in [0.717, 1.165) is 5.56 Å². The number of nitrogens with one attached hydrogen (secondary N) is 1. The zero-order chi connectivity index (χ0) is 15.6. The van der Waals surface area contributed by atoms with Crippen molar-refractivity contribution in [3.63, 3.8) is 0 Å². The number of amides is 1. The lowest BCUT2D eigenvalue weighted by molar-refractivity contribution is 0.102. The topological polar surface area (TPSA) is 75.3 Å². The van der Waals surface area contributed by atoms with E-state index in [-0.39, 0.29) is 17.1 Å². The van der Waals surface area contributed by atoms with E-state index in [4.69, 9.17) is 5.73 Å². The fourth-order valence-corrected chi connectivity index (χ4v) is 1.93. The van der Waals surface area contributed by atoms with Gasteiger partial charge in [-0.1, -0.05) is 26.8 Å². The van der Waals surface area contributed by atoms with Crippen LogP contribution < -0.4 is 11.1 Å². The van der Waals surface area contributed by atoms with Crippen LogP contribution >= 0.6 is 0 Å². The van der Waals surface area contributed by atoms with Crippen LogP contribution in [0.15, 0.2) is 42.5 Å². The van der Waals surface area contributed by atoms with Crippen LogP contribution in [0.5, 0.6) is 5.75 Å². The molecule has 2 aromatic carbocycles. The number of aromatic hydroxyl groups is 1. The molecular weight excluding hydrogens is 264 g/mol. The van der Waals surface area contributed by atoms with Gasteiger partial charge in [0.15, 0.2) is 0 Å². The van der Waals surface area contributed by atoms with Gasteiger partial charge in [-0.25, -0.2) is 0 Å². The van der Waals surface area contributed by atoms with Crippen molar-refractivity contribution in [2.75, 3.05) is 11.1 Å². The fraction of sp³-hybridized carbons (Fsp3) is 0.235. The molecule has 0 fully saturated rings. The van der Waals surface area contributed by atoms with Gasteiger partial charge < -0.3 is 16.2 Å². The maximum Gasteiger partial charge on any atom is 0.255 e. The molecule has 4 N–H and O–H groups in total. The number of anilines is 2. The van der Waals surface area contributed by atoms with Crippen LogP contribution in [0.4, 0.5) is 11.4 Å². The molecular formula is C17H20N2O2. The van der Waals surface area contributed by atoms with Crippen LogP contribution in [0.3, 0.4) is 0 Å². The van der Waals surface area contributed by atoms with Crippen molar-refractivity contribution >= 4 is 17.3 Å². The second-order valence-corrected chi connectivity index (χ2v) is 6.06. The number of carbonyl (C=O) groups excluding carboxylic acids is 1. The molecule has 0 heterocycles. The summed E-state index contributed by atoms with van der Waals surface area (Å²) in [5.74, 6) is -0.233. The van der Waals surface area contributed by atoms with Crippen molar-refractivity contribution in [2.24, 2.45) is 0 Å². The number of phenols is 1. The van der Waals surface area contributed by atoms with E-state index in [1.165, 1.54) is 0 Å². The summed E-state index contributed by atoms with van der Waals surface area (Å²) in [6.45, 7) is 6.22. The molecule has 2 aromatic rings. The lowest BCUT2D eigenvalue weighted by Gasteiger charge is -2.20. The Hall–Kier alpha value is -2.49. The third-order valence-electron chi connectivity index (χ3n) is 3.28. The normalized spacial score (nSPS) is 11.2. The van der Waals surface area contributed by atoms with Gasteiger partial charge >= 0.3 is 0 Å². The van der Waals surface area contributed by atoms with Gasteiger partial charge in [0, 0.05) is 11.3 Å². The number of benzene rings is 2. The molecule has 0 aromatic heterocycles. The molecule has 0 radical (unpaired) electrons. The lowest BCUT2D eigenvalue weighted by Crippen LogP contribution is -2.15. The van der Waals surface area contributed by atoms with Crippen molar-refractivity contribution in [1.29, 1.82) is 0 Å². The van der Waals surface area contributed by atoms with E-state index < -0.39 is 0 Å². The first-order valence-corrected chi connectivity index (χ1v) is 6.78. The molecule has 0 saturated heterocycles. The van der Waals surface area contributed by atoms with Crippen molar-refractivity contribution in [1.82, 2.24) is 0 Å². The molecule has 4 heteroatoms. The van der Waals surface area contributed by atoms with Crippen LogP contribution in [0.2, 0.25) is 0 Å². The first-order valence-electron chi connectivity index (χ1n) is 6.78. The highest BCUT2D eigenvalue weighted by molar-refractivity contribution is 6.05. The van der Waals surface area contributed by atoms with Gasteiger partial charge in [-0.2, -0.15) is 0 Å². The summed E-state index contributed by atoms with van der Waals surface area (Å²) >= 11 is 0. The van der Waals surface area contributed by atoms with E-state index in [1.54, 1.807) is 36.4 Å². The summed E-state index contributed by atoms with van der Waals surface area (Å²) < 4.78 is 0. The molecule has 110 valence electrons. The van der Waals surface area contributed by atoms with E-state index in [0.29, 0.717) is 16.9 Å². The molecule has 0 unspecified atom stereocenters. The Kier molecular flexibility index (Phi) is 3.89. The quantitative estimate of drug-likeness (QED) is 0.583. The van der Waals surface area contributed by atoms with E-state index >= 15 is 0 Å². The Morgan fingerprint density at radius 2 is 1.71 bits per heavy atom. The number of nitrogens with two attached hydrogens (primary N) is 1.